The Morgan fingerprint density at radius 2 is 1.90 bits per heavy atom. The lowest BCUT2D eigenvalue weighted by Gasteiger charge is -2.08. The number of carbonyl (C=O) groups is 2. The molecule has 6 nitrogen and oxygen atoms in total. The number of carbonyl (C=O) groups excluding carboxylic acids is 2. The van der Waals surface area contributed by atoms with E-state index in [9.17, 15) is 14.9 Å². The van der Waals surface area contributed by atoms with E-state index in [0.717, 1.165) is 41.9 Å². The van der Waals surface area contributed by atoms with Crippen LogP contribution in [0.1, 0.15) is 42.8 Å². The van der Waals surface area contributed by atoms with Crippen LogP contribution in [0.25, 0.3) is 6.08 Å². The van der Waals surface area contributed by atoms with Crippen molar-refractivity contribution in [2.45, 2.75) is 47.1 Å². The molecule has 1 aromatic heterocycles. The molecule has 0 radical (unpaired) electrons. The highest BCUT2D eigenvalue weighted by atomic mass is 16.5. The number of aromatic nitrogens is 1. The van der Waals surface area contributed by atoms with Gasteiger partial charge in [-0.25, -0.2) is 4.79 Å². The Kier molecular flexibility index (Phi) is 7.79. The molecule has 152 valence electrons. The highest BCUT2D eigenvalue weighted by Crippen LogP contribution is 2.19. The molecule has 0 saturated carbocycles. The first-order valence-electron chi connectivity index (χ1n) is 9.74. The maximum atomic E-state index is 12.2. The molecule has 29 heavy (non-hydrogen) atoms. The van der Waals surface area contributed by atoms with E-state index < -0.39 is 18.5 Å². The number of aryl methyl sites for hydroxylation is 2. The van der Waals surface area contributed by atoms with Gasteiger partial charge in [0.1, 0.15) is 11.6 Å². The van der Waals surface area contributed by atoms with Crippen LogP contribution < -0.4 is 5.32 Å². The summed E-state index contributed by atoms with van der Waals surface area (Å²) in [5.74, 6) is -1.27. The smallest absolute Gasteiger partial charge is 0.349 e. The highest BCUT2D eigenvalue weighted by molar-refractivity contribution is 6.00. The van der Waals surface area contributed by atoms with Gasteiger partial charge in [0.2, 0.25) is 0 Å². The average Bonchev–Trinajstić information content (AvgIpc) is 2.98. The molecule has 1 amide bonds. The number of anilines is 1. The molecule has 0 bridgehead atoms. The van der Waals surface area contributed by atoms with Crippen molar-refractivity contribution in [3.63, 3.8) is 0 Å². The van der Waals surface area contributed by atoms with Crippen LogP contribution in [0.4, 0.5) is 5.69 Å². The molecule has 0 spiro atoms. The summed E-state index contributed by atoms with van der Waals surface area (Å²) >= 11 is 0. The molecule has 0 aliphatic heterocycles. The van der Waals surface area contributed by atoms with Gasteiger partial charge < -0.3 is 14.6 Å². The largest absolute Gasteiger partial charge is 0.451 e. The minimum absolute atomic E-state index is 0.137. The molecule has 0 saturated heterocycles. The molecule has 0 aliphatic carbocycles. The Labute approximate surface area is 171 Å². The minimum Gasteiger partial charge on any atom is -0.451 e. The fourth-order valence-corrected chi connectivity index (χ4v) is 3.06. The zero-order valence-electron chi connectivity index (χ0n) is 17.4. The second kappa shape index (κ2) is 10.3. The molecule has 1 N–H and O–H groups in total. The third-order valence-corrected chi connectivity index (χ3v) is 4.68. The maximum absolute atomic E-state index is 12.2. The van der Waals surface area contributed by atoms with E-state index in [1.54, 1.807) is 12.1 Å². The fourth-order valence-electron chi connectivity index (χ4n) is 3.06. The van der Waals surface area contributed by atoms with Gasteiger partial charge in [-0.2, -0.15) is 5.26 Å². The molecule has 0 atom stereocenters. The third-order valence-electron chi connectivity index (χ3n) is 4.68. The van der Waals surface area contributed by atoms with Crippen molar-refractivity contribution in [2.24, 2.45) is 0 Å². The second-order valence-corrected chi connectivity index (χ2v) is 6.82. The van der Waals surface area contributed by atoms with E-state index in [0.29, 0.717) is 5.69 Å². The lowest BCUT2D eigenvalue weighted by molar-refractivity contribution is -0.142. The summed E-state index contributed by atoms with van der Waals surface area (Å²) in [6.45, 7) is 8.50. The van der Waals surface area contributed by atoms with Crippen LogP contribution in [0.3, 0.4) is 0 Å². The molecular weight excluding hydrogens is 366 g/mol. The number of esters is 1. The van der Waals surface area contributed by atoms with E-state index in [1.165, 1.54) is 6.08 Å². The van der Waals surface area contributed by atoms with Gasteiger partial charge in [-0.3, -0.25) is 4.79 Å². The number of nitrogens with zero attached hydrogens (tertiary/aromatic N) is 2. The maximum Gasteiger partial charge on any atom is 0.349 e. The van der Waals surface area contributed by atoms with Crippen LogP contribution >= 0.6 is 0 Å². The van der Waals surface area contributed by atoms with E-state index in [1.807, 2.05) is 38.1 Å². The first-order chi connectivity index (χ1) is 13.9. The quantitative estimate of drug-likeness (QED) is 0.414. The topological polar surface area (TPSA) is 84.1 Å². The molecule has 6 heteroatoms. The lowest BCUT2D eigenvalue weighted by atomic mass is 10.1. The molecule has 2 aromatic rings. The standard InChI is InChI=1S/C23H27N3O3/c1-5-11-26-16(3)12-19(17(26)4)13-20(14-24)23(28)29-15-22(27)25-21-9-7-18(6-2)8-10-21/h7-10,12-13H,5-6,11,15H2,1-4H3,(H,25,27)/b20-13+. The molecular formula is C23H27N3O3. The van der Waals surface area contributed by atoms with Crippen LogP contribution in [-0.2, 0) is 27.3 Å². The molecule has 1 heterocycles. The van der Waals surface area contributed by atoms with Gasteiger partial charge in [-0.1, -0.05) is 26.0 Å². The third kappa shape index (κ3) is 5.82. The van der Waals surface area contributed by atoms with Gasteiger partial charge >= 0.3 is 5.97 Å². The Hall–Kier alpha value is -3.33. The number of nitrogens with one attached hydrogen (secondary N) is 1. The molecule has 2 rings (SSSR count). The number of rotatable bonds is 8. The minimum atomic E-state index is -0.815. The number of amides is 1. The predicted octanol–water partition coefficient (Wildman–Crippen LogP) is 4.17. The normalized spacial score (nSPS) is 11.1. The summed E-state index contributed by atoms with van der Waals surface area (Å²) in [5, 5.41) is 12.0. The van der Waals surface area contributed by atoms with Gasteiger partial charge in [0.25, 0.3) is 5.91 Å². The summed E-state index contributed by atoms with van der Waals surface area (Å²) in [7, 11) is 0. The van der Waals surface area contributed by atoms with Crippen molar-refractivity contribution in [3.05, 3.63) is 58.4 Å². The van der Waals surface area contributed by atoms with Crippen LogP contribution in [0, 0.1) is 25.2 Å². The Morgan fingerprint density at radius 1 is 1.21 bits per heavy atom. The zero-order chi connectivity index (χ0) is 21.4. The Bertz CT molecular complexity index is 947. The van der Waals surface area contributed by atoms with Crippen molar-refractivity contribution >= 4 is 23.6 Å². The number of hydrogen-bond donors (Lipinski definition) is 1. The summed E-state index contributed by atoms with van der Waals surface area (Å²) in [6, 6.07) is 11.2. The number of hydrogen-bond acceptors (Lipinski definition) is 4. The average molecular weight is 393 g/mol. The van der Waals surface area contributed by atoms with E-state index in [4.69, 9.17) is 4.74 Å². The van der Waals surface area contributed by atoms with Gasteiger partial charge in [0.15, 0.2) is 6.61 Å². The van der Waals surface area contributed by atoms with Crippen molar-refractivity contribution in [1.29, 1.82) is 5.26 Å². The molecule has 0 unspecified atom stereocenters. The monoisotopic (exact) mass is 393 g/mol. The van der Waals surface area contributed by atoms with Gasteiger partial charge in [-0.15, -0.1) is 0 Å². The molecule has 0 aliphatic rings. The van der Waals surface area contributed by atoms with Crippen molar-refractivity contribution in [1.82, 2.24) is 4.57 Å². The van der Waals surface area contributed by atoms with Crippen LogP contribution in [0.15, 0.2) is 35.9 Å². The summed E-state index contributed by atoms with van der Waals surface area (Å²) in [4.78, 5) is 24.3. The first-order valence-corrected chi connectivity index (χ1v) is 9.74. The molecule has 1 aromatic carbocycles. The predicted molar refractivity (Wildman–Crippen MR) is 113 cm³/mol. The van der Waals surface area contributed by atoms with E-state index in [-0.39, 0.29) is 5.57 Å². The SMILES string of the molecule is CCCn1c(C)cc(/C=C(\C#N)C(=O)OCC(=O)Nc2ccc(CC)cc2)c1C. The van der Waals surface area contributed by atoms with Crippen molar-refractivity contribution < 1.29 is 14.3 Å². The van der Waals surface area contributed by atoms with Gasteiger partial charge in [0, 0.05) is 23.6 Å². The first kappa shape index (κ1) is 22.0. The zero-order valence-corrected chi connectivity index (χ0v) is 17.4. The number of nitriles is 1. The van der Waals surface area contributed by atoms with Crippen molar-refractivity contribution in [3.8, 4) is 6.07 Å². The van der Waals surface area contributed by atoms with Gasteiger partial charge in [0.05, 0.1) is 0 Å². The van der Waals surface area contributed by atoms with Crippen LogP contribution in [-0.4, -0.2) is 23.1 Å². The Morgan fingerprint density at radius 3 is 2.48 bits per heavy atom. The highest BCUT2D eigenvalue weighted by Gasteiger charge is 2.15. The van der Waals surface area contributed by atoms with Crippen molar-refractivity contribution in [2.75, 3.05) is 11.9 Å². The summed E-state index contributed by atoms with van der Waals surface area (Å²) in [5.41, 5.74) is 4.50. The van der Waals surface area contributed by atoms with E-state index >= 15 is 0 Å². The lowest BCUT2D eigenvalue weighted by Crippen LogP contribution is -2.21. The van der Waals surface area contributed by atoms with Crippen LogP contribution in [0.2, 0.25) is 0 Å². The second-order valence-electron chi connectivity index (χ2n) is 6.82. The summed E-state index contributed by atoms with van der Waals surface area (Å²) in [6.07, 6.45) is 3.41. The Balaban J connectivity index is 2.00. The number of benzene rings is 1. The van der Waals surface area contributed by atoms with Crippen LogP contribution in [0.5, 0.6) is 0 Å². The summed E-state index contributed by atoms with van der Waals surface area (Å²) < 4.78 is 7.16. The number of ether oxygens (including phenoxy) is 1. The fraction of sp³-hybridized carbons (Fsp3) is 0.348. The van der Waals surface area contributed by atoms with E-state index in [2.05, 4.69) is 23.7 Å². The molecule has 0 fully saturated rings. The van der Waals surface area contributed by atoms with Gasteiger partial charge in [-0.05, 0) is 62.1 Å².